The Hall–Kier alpha value is -1.25. The molecule has 0 amide bonds. The Balaban J connectivity index is 3.96. The third kappa shape index (κ3) is 50.2. The van der Waals surface area contributed by atoms with Crippen molar-refractivity contribution in [1.82, 2.24) is 0 Å². The van der Waals surface area contributed by atoms with Crippen molar-refractivity contribution in [3.63, 3.8) is 0 Å². The lowest BCUT2D eigenvalue weighted by molar-refractivity contribution is -0.161. The molecule has 0 aromatic rings. The molecule has 1 unspecified atom stereocenters. The van der Waals surface area contributed by atoms with E-state index in [2.05, 4.69) is 26.0 Å². The van der Waals surface area contributed by atoms with Crippen LogP contribution in [0.1, 0.15) is 290 Å². The summed E-state index contributed by atoms with van der Waals surface area (Å²) in [6.45, 7) is 3.80. The average Bonchev–Trinajstić information content (AvgIpc) is 3.28. The molecule has 0 spiro atoms. The first-order valence-corrected chi connectivity index (χ1v) is 29.2. The SMILES string of the molecule is CCCCCCCC/C=C/CCCCCCCCCCCCCC(=O)OC[C@H](COP(=O)(O)OCCN)OC(=O)CCCCCCCCCCCCCCCCCCCCCCCC. The Morgan fingerprint density at radius 2 is 0.766 bits per heavy atom. The first-order valence-electron chi connectivity index (χ1n) is 27.7. The third-order valence-electron chi connectivity index (χ3n) is 12.4. The van der Waals surface area contributed by atoms with Crippen LogP contribution in [0.25, 0.3) is 0 Å². The van der Waals surface area contributed by atoms with Crippen LogP contribution in [-0.2, 0) is 32.7 Å². The van der Waals surface area contributed by atoms with E-state index in [-0.39, 0.29) is 38.6 Å². The highest BCUT2D eigenvalue weighted by Gasteiger charge is 2.26. The largest absolute Gasteiger partial charge is 0.472 e. The fourth-order valence-corrected chi connectivity index (χ4v) is 9.05. The number of allylic oxidation sites excluding steroid dienone is 2. The molecule has 0 bridgehead atoms. The zero-order valence-electron chi connectivity index (χ0n) is 42.3. The second-order valence-electron chi connectivity index (χ2n) is 18.8. The molecule has 0 radical (unpaired) electrons. The van der Waals surface area contributed by atoms with Gasteiger partial charge < -0.3 is 20.1 Å². The lowest BCUT2D eigenvalue weighted by atomic mass is 10.0. The number of carbonyl (C=O) groups is 2. The molecule has 2 atom stereocenters. The van der Waals surface area contributed by atoms with E-state index in [1.807, 2.05) is 0 Å². The van der Waals surface area contributed by atoms with E-state index in [9.17, 15) is 19.0 Å². The van der Waals surface area contributed by atoms with Gasteiger partial charge in [-0.05, 0) is 38.5 Å². The van der Waals surface area contributed by atoms with Crippen molar-refractivity contribution in [3.05, 3.63) is 12.2 Å². The Morgan fingerprint density at radius 1 is 0.453 bits per heavy atom. The van der Waals surface area contributed by atoms with Gasteiger partial charge in [0, 0.05) is 19.4 Å². The minimum Gasteiger partial charge on any atom is -0.462 e. The Bertz CT molecular complexity index is 1060. The maximum Gasteiger partial charge on any atom is 0.472 e. The Morgan fingerprint density at radius 3 is 1.11 bits per heavy atom. The maximum absolute atomic E-state index is 12.7. The number of esters is 2. The number of phosphoric ester groups is 1. The van der Waals surface area contributed by atoms with Gasteiger partial charge in [-0.2, -0.15) is 0 Å². The van der Waals surface area contributed by atoms with Crippen molar-refractivity contribution >= 4 is 19.8 Å². The topological polar surface area (TPSA) is 134 Å². The van der Waals surface area contributed by atoms with Gasteiger partial charge in [-0.3, -0.25) is 18.6 Å². The summed E-state index contributed by atoms with van der Waals surface area (Å²) in [6, 6.07) is 0. The molecule has 0 aromatic heterocycles. The van der Waals surface area contributed by atoms with Gasteiger partial charge in [-0.1, -0.05) is 251 Å². The summed E-state index contributed by atoms with van der Waals surface area (Å²) in [7, 11) is -4.38. The number of rotatable bonds is 53. The molecule has 0 rings (SSSR count). The second kappa shape index (κ2) is 51.1. The maximum atomic E-state index is 12.7. The predicted molar refractivity (Wildman–Crippen MR) is 271 cm³/mol. The third-order valence-corrected chi connectivity index (χ3v) is 13.4. The summed E-state index contributed by atoms with van der Waals surface area (Å²) < 4.78 is 33.0. The molecule has 0 aromatic carbocycles. The lowest BCUT2D eigenvalue weighted by Crippen LogP contribution is -2.29. The van der Waals surface area contributed by atoms with E-state index in [0.29, 0.717) is 6.42 Å². The van der Waals surface area contributed by atoms with Crippen molar-refractivity contribution in [2.45, 2.75) is 296 Å². The van der Waals surface area contributed by atoms with Crippen LogP contribution >= 0.6 is 7.82 Å². The van der Waals surface area contributed by atoms with Gasteiger partial charge in [0.1, 0.15) is 6.61 Å². The summed E-state index contributed by atoms with van der Waals surface area (Å²) in [5, 5.41) is 0. The molecule has 0 saturated carbocycles. The molecule has 0 aliphatic heterocycles. The Labute approximate surface area is 396 Å². The first-order chi connectivity index (χ1) is 31.3. The van der Waals surface area contributed by atoms with Crippen molar-refractivity contribution in [2.24, 2.45) is 5.73 Å². The molecular formula is C54H106NO8P. The van der Waals surface area contributed by atoms with E-state index < -0.39 is 26.5 Å². The second-order valence-corrected chi connectivity index (χ2v) is 20.3. The predicted octanol–water partition coefficient (Wildman–Crippen LogP) is 16.9. The number of hydrogen-bond acceptors (Lipinski definition) is 8. The summed E-state index contributed by atoms with van der Waals surface area (Å²) in [4.78, 5) is 35.1. The number of unbranched alkanes of at least 4 members (excludes halogenated alkanes) is 38. The van der Waals surface area contributed by atoms with Crippen molar-refractivity contribution < 1.29 is 37.6 Å². The number of ether oxygens (including phenoxy) is 2. The number of carbonyl (C=O) groups excluding carboxylic acids is 2. The molecule has 0 aliphatic carbocycles. The minimum absolute atomic E-state index is 0.0569. The van der Waals surface area contributed by atoms with Gasteiger partial charge >= 0.3 is 19.8 Å². The highest BCUT2D eigenvalue weighted by atomic mass is 31.2. The molecule has 9 nitrogen and oxygen atoms in total. The van der Waals surface area contributed by atoms with Crippen LogP contribution in [0.3, 0.4) is 0 Å². The summed E-state index contributed by atoms with van der Waals surface area (Å²) in [5.74, 6) is -0.810. The molecule has 0 saturated heterocycles. The van der Waals surface area contributed by atoms with Crippen LogP contribution in [0.5, 0.6) is 0 Å². The minimum atomic E-state index is -4.38. The smallest absolute Gasteiger partial charge is 0.462 e. The molecule has 0 fully saturated rings. The van der Waals surface area contributed by atoms with Crippen LogP contribution in [0.2, 0.25) is 0 Å². The highest BCUT2D eigenvalue weighted by Crippen LogP contribution is 2.43. The van der Waals surface area contributed by atoms with Crippen LogP contribution < -0.4 is 5.73 Å². The number of hydrogen-bond donors (Lipinski definition) is 2. The summed E-state index contributed by atoms with van der Waals surface area (Å²) in [5.41, 5.74) is 5.38. The monoisotopic (exact) mass is 928 g/mol. The van der Waals surface area contributed by atoms with Gasteiger partial charge in [0.2, 0.25) is 0 Å². The van der Waals surface area contributed by atoms with Crippen LogP contribution in [0.4, 0.5) is 0 Å². The van der Waals surface area contributed by atoms with Crippen molar-refractivity contribution in [3.8, 4) is 0 Å². The first kappa shape index (κ1) is 62.8. The van der Waals surface area contributed by atoms with Gasteiger partial charge in [-0.25, -0.2) is 4.57 Å². The van der Waals surface area contributed by atoms with Crippen LogP contribution in [0.15, 0.2) is 12.2 Å². The van der Waals surface area contributed by atoms with E-state index >= 15 is 0 Å². The Kier molecular flexibility index (Phi) is 50.1. The quantitative estimate of drug-likeness (QED) is 0.0265. The highest BCUT2D eigenvalue weighted by molar-refractivity contribution is 7.47. The molecule has 3 N–H and O–H groups in total. The van der Waals surface area contributed by atoms with Crippen LogP contribution in [-0.4, -0.2) is 49.3 Å². The fraction of sp³-hybridized carbons (Fsp3) is 0.926. The normalized spacial score (nSPS) is 13.1. The van der Waals surface area contributed by atoms with Crippen molar-refractivity contribution in [2.75, 3.05) is 26.4 Å². The number of nitrogens with two attached hydrogens (primary N) is 1. The molecule has 10 heteroatoms. The lowest BCUT2D eigenvalue weighted by Gasteiger charge is -2.19. The van der Waals surface area contributed by atoms with Gasteiger partial charge in [0.05, 0.1) is 13.2 Å². The average molecular weight is 928 g/mol. The fourth-order valence-electron chi connectivity index (χ4n) is 8.28. The summed E-state index contributed by atoms with van der Waals surface area (Å²) in [6.07, 6.45) is 56.9. The molecular weight excluding hydrogens is 822 g/mol. The van der Waals surface area contributed by atoms with E-state index in [1.54, 1.807) is 0 Å². The van der Waals surface area contributed by atoms with Crippen LogP contribution in [0, 0.1) is 0 Å². The van der Waals surface area contributed by atoms with Gasteiger partial charge in [0.25, 0.3) is 0 Å². The van der Waals surface area contributed by atoms with Gasteiger partial charge in [-0.15, -0.1) is 0 Å². The zero-order valence-corrected chi connectivity index (χ0v) is 43.2. The molecule has 0 heterocycles. The molecule has 0 aliphatic rings. The molecule has 380 valence electrons. The number of phosphoric acid groups is 1. The van der Waals surface area contributed by atoms with E-state index in [1.165, 1.54) is 225 Å². The molecule has 64 heavy (non-hydrogen) atoms. The standard InChI is InChI=1S/C54H106NO8P/c1-3-5-7-9-11-13-15-17-19-21-23-25-27-29-31-33-35-37-39-41-43-45-47-54(57)63-52(51-62-64(58,59)61-49-48-55)50-60-53(56)46-44-42-40-38-36-34-32-30-28-26-24-22-20-18-16-14-12-10-8-6-4-2/h18,20,52H,3-17,19,21-51,55H2,1-2H3,(H,58,59)/b20-18+/t52-/m1/s1. The van der Waals surface area contributed by atoms with Crippen molar-refractivity contribution in [1.29, 1.82) is 0 Å². The van der Waals surface area contributed by atoms with E-state index in [4.69, 9.17) is 24.3 Å². The van der Waals surface area contributed by atoms with E-state index in [0.717, 1.165) is 32.1 Å². The summed E-state index contributed by atoms with van der Waals surface area (Å²) >= 11 is 0. The van der Waals surface area contributed by atoms with Gasteiger partial charge in [0.15, 0.2) is 6.10 Å². The zero-order chi connectivity index (χ0) is 46.7.